The van der Waals surface area contributed by atoms with Crippen LogP contribution in [-0.2, 0) is 11.4 Å². The van der Waals surface area contributed by atoms with Crippen LogP contribution in [0.1, 0.15) is 11.1 Å². The van der Waals surface area contributed by atoms with Crippen molar-refractivity contribution in [3.05, 3.63) is 105 Å². The van der Waals surface area contributed by atoms with Crippen molar-refractivity contribution < 1.29 is 19.4 Å². The molecule has 35 heavy (non-hydrogen) atoms. The van der Waals surface area contributed by atoms with E-state index in [1.807, 2.05) is 6.07 Å². The first kappa shape index (κ1) is 26.0. The van der Waals surface area contributed by atoms with E-state index in [0.29, 0.717) is 11.3 Å². The minimum atomic E-state index is -0.698. The molecular formula is C23H14I2N4O6. The first-order valence-corrected chi connectivity index (χ1v) is 11.9. The van der Waals surface area contributed by atoms with Crippen LogP contribution in [-0.4, -0.2) is 15.8 Å². The number of nitro groups is 2. The second kappa shape index (κ2) is 11.7. The molecule has 0 bridgehead atoms. The standard InChI is InChI=1S/C23H14I2N4O6/c24-20-9-15(8-16(12-26)23(30)27-17-2-1-3-19(11-17)29(33)34)10-21(25)22(20)35-13-14-4-6-18(7-5-14)28(31)32/h1-11H,13H2,(H,27,30)/b16-8+. The largest absolute Gasteiger partial charge is 0.487 e. The van der Waals surface area contributed by atoms with Gasteiger partial charge in [0.2, 0.25) is 0 Å². The Morgan fingerprint density at radius 2 is 1.63 bits per heavy atom. The van der Waals surface area contributed by atoms with Crippen molar-refractivity contribution in [2.24, 2.45) is 0 Å². The van der Waals surface area contributed by atoms with Gasteiger partial charge in [0.1, 0.15) is 24.0 Å². The average molecular weight is 696 g/mol. The summed E-state index contributed by atoms with van der Waals surface area (Å²) in [4.78, 5) is 33.2. The van der Waals surface area contributed by atoms with Crippen molar-refractivity contribution in [3.63, 3.8) is 0 Å². The summed E-state index contributed by atoms with van der Waals surface area (Å²) in [7, 11) is 0. The van der Waals surface area contributed by atoms with Crippen molar-refractivity contribution in [2.45, 2.75) is 6.61 Å². The summed E-state index contributed by atoms with van der Waals surface area (Å²) in [6.07, 6.45) is 1.41. The number of nitrogens with zero attached hydrogens (tertiary/aromatic N) is 3. The predicted molar refractivity (Wildman–Crippen MR) is 145 cm³/mol. The van der Waals surface area contributed by atoms with Crippen LogP contribution in [0.5, 0.6) is 5.75 Å². The van der Waals surface area contributed by atoms with E-state index in [4.69, 9.17) is 4.74 Å². The number of hydrogen-bond donors (Lipinski definition) is 1. The Labute approximate surface area is 226 Å². The van der Waals surface area contributed by atoms with Gasteiger partial charge in [0, 0.05) is 30.0 Å². The van der Waals surface area contributed by atoms with E-state index in [1.165, 1.54) is 42.5 Å². The lowest BCUT2D eigenvalue weighted by Gasteiger charge is -2.12. The van der Waals surface area contributed by atoms with Crippen molar-refractivity contribution in [3.8, 4) is 11.8 Å². The van der Waals surface area contributed by atoms with Crippen LogP contribution in [0.3, 0.4) is 0 Å². The molecule has 176 valence electrons. The molecule has 1 N–H and O–H groups in total. The molecule has 0 atom stereocenters. The number of nitro benzene ring substituents is 2. The number of anilines is 1. The van der Waals surface area contributed by atoms with Gasteiger partial charge in [0.25, 0.3) is 17.3 Å². The average Bonchev–Trinajstić information content (AvgIpc) is 2.82. The monoisotopic (exact) mass is 696 g/mol. The molecular weight excluding hydrogens is 682 g/mol. The number of benzene rings is 3. The number of nitrogens with one attached hydrogen (secondary N) is 1. The smallest absolute Gasteiger partial charge is 0.271 e. The van der Waals surface area contributed by atoms with Crippen molar-refractivity contribution in [1.29, 1.82) is 5.26 Å². The maximum absolute atomic E-state index is 12.5. The molecule has 0 unspecified atom stereocenters. The molecule has 0 saturated carbocycles. The lowest BCUT2D eigenvalue weighted by molar-refractivity contribution is -0.385. The van der Waals surface area contributed by atoms with Gasteiger partial charge >= 0.3 is 0 Å². The van der Waals surface area contributed by atoms with Crippen molar-refractivity contribution in [1.82, 2.24) is 0 Å². The Morgan fingerprint density at radius 3 is 2.20 bits per heavy atom. The molecule has 3 rings (SSSR count). The minimum absolute atomic E-state index is 0.00290. The maximum atomic E-state index is 12.5. The van der Waals surface area contributed by atoms with Crippen LogP contribution >= 0.6 is 45.2 Å². The van der Waals surface area contributed by atoms with Gasteiger partial charge in [-0.15, -0.1) is 0 Å². The fourth-order valence-electron chi connectivity index (χ4n) is 2.88. The second-order valence-corrected chi connectivity index (χ2v) is 9.28. The third kappa shape index (κ3) is 6.96. The number of nitriles is 1. The van der Waals surface area contributed by atoms with E-state index in [2.05, 4.69) is 50.5 Å². The highest BCUT2D eigenvalue weighted by Crippen LogP contribution is 2.31. The number of amides is 1. The molecule has 3 aromatic rings. The van der Waals surface area contributed by atoms with Crippen LogP contribution in [0.15, 0.2) is 66.2 Å². The summed E-state index contributed by atoms with van der Waals surface area (Å²) >= 11 is 4.15. The molecule has 0 saturated heterocycles. The highest BCUT2D eigenvalue weighted by Gasteiger charge is 2.14. The predicted octanol–water partition coefficient (Wildman–Crippen LogP) is 5.84. The van der Waals surface area contributed by atoms with Crippen LogP contribution in [0, 0.1) is 38.7 Å². The normalized spacial score (nSPS) is 10.8. The number of ether oxygens (including phenoxy) is 1. The second-order valence-electron chi connectivity index (χ2n) is 6.96. The van der Waals surface area contributed by atoms with E-state index >= 15 is 0 Å². The number of carbonyl (C=O) groups is 1. The highest BCUT2D eigenvalue weighted by molar-refractivity contribution is 14.1. The number of halogens is 2. The topological polar surface area (TPSA) is 148 Å². The van der Waals surface area contributed by atoms with Crippen molar-refractivity contribution in [2.75, 3.05) is 5.32 Å². The summed E-state index contributed by atoms with van der Waals surface area (Å²) in [6.45, 7) is 0.203. The quantitative estimate of drug-likeness (QED) is 0.102. The molecule has 0 aliphatic carbocycles. The van der Waals surface area contributed by atoms with Crippen LogP contribution in [0.4, 0.5) is 17.1 Å². The van der Waals surface area contributed by atoms with E-state index in [9.17, 15) is 30.3 Å². The Bertz CT molecular complexity index is 1360. The number of carbonyl (C=O) groups excluding carboxylic acids is 1. The summed E-state index contributed by atoms with van der Waals surface area (Å²) in [6, 6.07) is 16.8. The molecule has 0 radical (unpaired) electrons. The van der Waals surface area contributed by atoms with Gasteiger partial charge in [-0.2, -0.15) is 5.26 Å². The molecule has 0 aliphatic rings. The summed E-state index contributed by atoms with van der Waals surface area (Å²) in [5, 5.41) is 33.7. The summed E-state index contributed by atoms with van der Waals surface area (Å²) < 4.78 is 7.36. The van der Waals surface area contributed by atoms with E-state index in [-0.39, 0.29) is 29.2 Å². The Morgan fingerprint density at radius 1 is 1.00 bits per heavy atom. The number of hydrogen-bond acceptors (Lipinski definition) is 7. The zero-order chi connectivity index (χ0) is 25.5. The number of non-ortho nitro benzene ring substituents is 2. The molecule has 1 amide bonds. The van der Waals surface area contributed by atoms with Crippen molar-refractivity contribution >= 4 is 74.2 Å². The first-order chi connectivity index (χ1) is 16.7. The van der Waals surface area contributed by atoms with Gasteiger partial charge in [-0.1, -0.05) is 6.07 Å². The Kier molecular flexibility index (Phi) is 8.71. The third-order valence-electron chi connectivity index (χ3n) is 4.54. The molecule has 0 spiro atoms. The van der Waals surface area contributed by atoms with E-state index in [1.54, 1.807) is 24.3 Å². The fourth-order valence-corrected chi connectivity index (χ4v) is 5.01. The third-order valence-corrected chi connectivity index (χ3v) is 6.14. The Hall–Kier alpha value is -3.58. The fraction of sp³-hybridized carbons (Fsp3) is 0.0435. The van der Waals surface area contributed by atoms with E-state index in [0.717, 1.165) is 12.7 Å². The molecule has 0 aromatic heterocycles. The van der Waals surface area contributed by atoms with Crippen LogP contribution in [0.2, 0.25) is 0 Å². The SMILES string of the molecule is N#C/C(=C\c1cc(I)c(OCc2ccc([N+](=O)[O-])cc2)c(I)c1)C(=O)Nc1cccc([N+](=O)[O-])c1. The highest BCUT2D eigenvalue weighted by atomic mass is 127. The maximum Gasteiger partial charge on any atom is 0.271 e. The Balaban J connectivity index is 1.75. The van der Waals surface area contributed by atoms with Gasteiger partial charge in [0.05, 0.1) is 17.0 Å². The van der Waals surface area contributed by atoms with Gasteiger partial charge in [-0.25, -0.2) is 0 Å². The number of rotatable bonds is 8. The zero-order valence-electron chi connectivity index (χ0n) is 17.6. The zero-order valence-corrected chi connectivity index (χ0v) is 21.9. The van der Waals surface area contributed by atoms with Crippen LogP contribution < -0.4 is 10.1 Å². The molecule has 12 heteroatoms. The molecule has 0 heterocycles. The van der Waals surface area contributed by atoms with Gasteiger partial charge in [-0.05, 0) is 92.7 Å². The van der Waals surface area contributed by atoms with E-state index < -0.39 is 15.8 Å². The molecule has 3 aromatic carbocycles. The van der Waals surface area contributed by atoms with Crippen LogP contribution in [0.25, 0.3) is 6.08 Å². The lowest BCUT2D eigenvalue weighted by Crippen LogP contribution is -2.13. The summed E-state index contributed by atoms with van der Waals surface area (Å²) in [5.41, 5.74) is 1.19. The first-order valence-electron chi connectivity index (χ1n) is 9.70. The lowest BCUT2D eigenvalue weighted by atomic mass is 10.1. The summed E-state index contributed by atoms with van der Waals surface area (Å²) in [5.74, 6) is -0.0993. The molecule has 0 fully saturated rings. The van der Waals surface area contributed by atoms with Gasteiger partial charge in [-0.3, -0.25) is 25.0 Å². The van der Waals surface area contributed by atoms with Gasteiger partial charge < -0.3 is 10.1 Å². The minimum Gasteiger partial charge on any atom is -0.487 e. The van der Waals surface area contributed by atoms with Gasteiger partial charge in [0.15, 0.2) is 0 Å². The molecule has 0 aliphatic heterocycles. The molecule has 10 nitrogen and oxygen atoms in total.